The number of aromatic amines is 1. The van der Waals surface area contributed by atoms with Crippen LogP contribution in [0.2, 0.25) is 0 Å². The summed E-state index contributed by atoms with van der Waals surface area (Å²) >= 11 is 0. The minimum Gasteiger partial charge on any atom is -0.356 e. The highest BCUT2D eigenvalue weighted by molar-refractivity contribution is 14.0. The molecule has 1 heterocycles. The van der Waals surface area contributed by atoms with Crippen molar-refractivity contribution in [2.75, 3.05) is 19.8 Å². The summed E-state index contributed by atoms with van der Waals surface area (Å²) in [6.07, 6.45) is 1.97. The van der Waals surface area contributed by atoms with E-state index in [4.69, 9.17) is 0 Å². The number of aryl methyl sites for hydroxylation is 1. The van der Waals surface area contributed by atoms with Crippen LogP contribution in [0.4, 0.5) is 0 Å². The summed E-state index contributed by atoms with van der Waals surface area (Å²) in [6.45, 7) is 3.04. The lowest BCUT2D eigenvalue weighted by Crippen LogP contribution is -2.38. The van der Waals surface area contributed by atoms with E-state index in [0.29, 0.717) is 23.9 Å². The number of sulfone groups is 1. The normalized spacial score (nSPS) is 11.9. The van der Waals surface area contributed by atoms with Crippen LogP contribution in [0.5, 0.6) is 0 Å². The average Bonchev–Trinajstić information content (AvgIpc) is 3.06. The second-order valence-electron chi connectivity index (χ2n) is 6.68. The molecule has 0 saturated heterocycles. The number of halogens is 1. The van der Waals surface area contributed by atoms with Gasteiger partial charge in [0, 0.05) is 32.8 Å². The Morgan fingerprint density at radius 2 is 1.93 bits per heavy atom. The fraction of sp³-hybridized carbons (Fsp3) is 0.300. The molecule has 9 heteroatoms. The first-order valence-corrected chi connectivity index (χ1v) is 10.9. The molecule has 0 fully saturated rings. The number of aliphatic imine (C=N–C) groups is 1. The third kappa shape index (κ3) is 6.17. The number of H-pyrrole nitrogens is 1. The number of fused-ring (bicyclic) bond motifs is 1. The van der Waals surface area contributed by atoms with Crippen molar-refractivity contribution in [1.29, 1.82) is 0 Å². The molecule has 0 aliphatic rings. The van der Waals surface area contributed by atoms with E-state index >= 15 is 0 Å². The summed E-state index contributed by atoms with van der Waals surface area (Å²) in [5.74, 6) is 1.61. The molecule has 29 heavy (non-hydrogen) atoms. The van der Waals surface area contributed by atoms with Crippen LogP contribution >= 0.6 is 24.0 Å². The van der Waals surface area contributed by atoms with Crippen molar-refractivity contribution in [2.24, 2.45) is 4.99 Å². The van der Waals surface area contributed by atoms with Crippen molar-refractivity contribution in [3.63, 3.8) is 0 Å². The van der Waals surface area contributed by atoms with E-state index in [2.05, 4.69) is 25.6 Å². The van der Waals surface area contributed by atoms with E-state index in [1.165, 1.54) is 6.26 Å². The number of benzene rings is 2. The Hall–Kier alpha value is -2.14. The minimum absolute atomic E-state index is 0. The Kier molecular flexibility index (Phi) is 8.03. The zero-order valence-corrected chi connectivity index (χ0v) is 19.8. The molecule has 3 N–H and O–H groups in total. The molecule has 0 bridgehead atoms. The number of nitrogens with zero attached hydrogens (tertiary/aromatic N) is 2. The van der Waals surface area contributed by atoms with Crippen LogP contribution in [0.15, 0.2) is 52.4 Å². The van der Waals surface area contributed by atoms with E-state index < -0.39 is 9.84 Å². The molecule has 1 aromatic heterocycles. The van der Waals surface area contributed by atoms with Gasteiger partial charge in [0.05, 0.1) is 15.9 Å². The van der Waals surface area contributed by atoms with Crippen LogP contribution in [0.25, 0.3) is 11.0 Å². The second-order valence-corrected chi connectivity index (χ2v) is 8.66. The molecule has 0 unspecified atom stereocenters. The Labute approximate surface area is 188 Å². The quantitative estimate of drug-likeness (QED) is 0.260. The summed E-state index contributed by atoms with van der Waals surface area (Å²) in [6, 6.07) is 13.3. The molecule has 0 atom stereocenters. The van der Waals surface area contributed by atoms with Crippen LogP contribution in [0.1, 0.15) is 17.0 Å². The highest BCUT2D eigenvalue weighted by Crippen LogP contribution is 2.16. The number of rotatable bonds is 6. The first-order chi connectivity index (χ1) is 13.4. The smallest absolute Gasteiger partial charge is 0.191 e. The number of nitrogens with one attached hydrogen (secondary N) is 3. The van der Waals surface area contributed by atoms with E-state index in [0.717, 1.165) is 34.4 Å². The molecular weight excluding hydrogens is 501 g/mol. The number of imidazole rings is 1. The topological polar surface area (TPSA) is 99.2 Å². The third-order valence-corrected chi connectivity index (χ3v) is 5.67. The predicted octanol–water partition coefficient (Wildman–Crippen LogP) is 2.80. The Balaban J connectivity index is 0.00000300. The van der Waals surface area contributed by atoms with Gasteiger partial charge in [-0.3, -0.25) is 4.99 Å². The van der Waals surface area contributed by atoms with Gasteiger partial charge < -0.3 is 15.6 Å². The largest absolute Gasteiger partial charge is 0.356 e. The molecule has 0 radical (unpaired) electrons. The lowest BCUT2D eigenvalue weighted by Gasteiger charge is -2.12. The molecule has 0 saturated carbocycles. The Morgan fingerprint density at radius 3 is 2.59 bits per heavy atom. The fourth-order valence-corrected chi connectivity index (χ4v) is 4.03. The van der Waals surface area contributed by atoms with E-state index in [1.807, 2.05) is 36.4 Å². The van der Waals surface area contributed by atoms with Gasteiger partial charge >= 0.3 is 0 Å². The van der Waals surface area contributed by atoms with Gasteiger partial charge in [-0.15, -0.1) is 24.0 Å². The van der Waals surface area contributed by atoms with Gasteiger partial charge in [0.15, 0.2) is 15.8 Å². The van der Waals surface area contributed by atoms with Crippen LogP contribution < -0.4 is 10.6 Å². The van der Waals surface area contributed by atoms with Gasteiger partial charge in [0.25, 0.3) is 0 Å². The summed E-state index contributed by atoms with van der Waals surface area (Å²) in [5.41, 5.74) is 3.74. The Morgan fingerprint density at radius 1 is 1.17 bits per heavy atom. The maximum atomic E-state index is 11.7. The third-order valence-electron chi connectivity index (χ3n) is 4.42. The molecule has 156 valence electrons. The van der Waals surface area contributed by atoms with Crippen molar-refractivity contribution in [3.05, 3.63) is 59.4 Å². The zero-order chi connectivity index (χ0) is 20.1. The maximum Gasteiger partial charge on any atom is 0.191 e. The van der Waals surface area contributed by atoms with Crippen molar-refractivity contribution >= 4 is 50.8 Å². The number of hydrogen-bond acceptors (Lipinski definition) is 4. The number of guanidine groups is 1. The molecule has 0 aliphatic carbocycles. The van der Waals surface area contributed by atoms with Gasteiger partial charge in [0.1, 0.15) is 5.82 Å². The zero-order valence-electron chi connectivity index (χ0n) is 16.7. The highest BCUT2D eigenvalue weighted by atomic mass is 127. The molecular formula is C20H26IN5O2S. The number of aromatic nitrogens is 2. The second kappa shape index (κ2) is 10.1. The summed E-state index contributed by atoms with van der Waals surface area (Å²) in [5, 5.41) is 6.51. The molecule has 0 aliphatic heterocycles. The molecule has 0 amide bonds. The lowest BCUT2D eigenvalue weighted by molar-refractivity contribution is 0.601. The van der Waals surface area contributed by atoms with E-state index in [9.17, 15) is 8.42 Å². The van der Waals surface area contributed by atoms with Gasteiger partial charge in [-0.1, -0.05) is 24.3 Å². The first-order valence-electron chi connectivity index (χ1n) is 9.04. The fourth-order valence-electron chi connectivity index (χ4n) is 3.07. The van der Waals surface area contributed by atoms with Gasteiger partial charge in [-0.25, -0.2) is 13.4 Å². The summed E-state index contributed by atoms with van der Waals surface area (Å²) < 4.78 is 23.4. The molecule has 3 aromatic rings. The summed E-state index contributed by atoms with van der Waals surface area (Å²) in [4.78, 5) is 12.5. The Bertz CT molecular complexity index is 1080. The van der Waals surface area contributed by atoms with Crippen molar-refractivity contribution in [1.82, 2.24) is 20.6 Å². The number of hydrogen-bond donors (Lipinski definition) is 3. The van der Waals surface area contributed by atoms with Crippen molar-refractivity contribution in [3.8, 4) is 0 Å². The lowest BCUT2D eigenvalue weighted by atomic mass is 10.1. The van der Waals surface area contributed by atoms with Crippen molar-refractivity contribution < 1.29 is 8.42 Å². The van der Waals surface area contributed by atoms with Gasteiger partial charge in [-0.2, -0.15) is 0 Å². The standard InChI is InChI=1S/C20H25N5O2S.HI/c1-14-12-15(8-9-18(14)28(3,26)27)13-23-20(21-2)22-11-10-19-24-16-6-4-5-7-17(16)25-19;/h4-9,12H,10-11,13H2,1-3H3,(H,24,25)(H2,21,22,23);1H. The predicted molar refractivity (Wildman–Crippen MR) is 128 cm³/mol. The van der Waals surface area contributed by atoms with E-state index in [-0.39, 0.29) is 24.0 Å². The van der Waals surface area contributed by atoms with E-state index in [1.54, 1.807) is 20.0 Å². The van der Waals surface area contributed by atoms with Gasteiger partial charge in [-0.05, 0) is 36.2 Å². The molecule has 7 nitrogen and oxygen atoms in total. The monoisotopic (exact) mass is 527 g/mol. The highest BCUT2D eigenvalue weighted by Gasteiger charge is 2.11. The van der Waals surface area contributed by atoms with Crippen LogP contribution in [0.3, 0.4) is 0 Å². The maximum absolute atomic E-state index is 11.7. The number of para-hydroxylation sites is 2. The minimum atomic E-state index is -3.20. The first kappa shape index (κ1) is 23.1. The average molecular weight is 527 g/mol. The van der Waals surface area contributed by atoms with Crippen LogP contribution in [-0.2, 0) is 22.8 Å². The van der Waals surface area contributed by atoms with Crippen LogP contribution in [-0.4, -0.2) is 44.2 Å². The SMILES string of the molecule is CN=C(NCCc1nc2ccccc2[nH]1)NCc1ccc(S(C)(=O)=O)c(C)c1.I. The molecule has 2 aromatic carbocycles. The molecule has 0 spiro atoms. The molecule has 3 rings (SSSR count). The van der Waals surface area contributed by atoms with Crippen LogP contribution in [0, 0.1) is 6.92 Å². The van der Waals surface area contributed by atoms with Gasteiger partial charge in [0.2, 0.25) is 0 Å². The van der Waals surface area contributed by atoms with Crippen molar-refractivity contribution in [2.45, 2.75) is 24.8 Å². The summed E-state index contributed by atoms with van der Waals surface area (Å²) in [7, 11) is -1.48.